The summed E-state index contributed by atoms with van der Waals surface area (Å²) in [5, 5.41) is 3.01. The highest BCUT2D eigenvalue weighted by Crippen LogP contribution is 2.17. The number of rotatable bonds is 6. The minimum absolute atomic E-state index is 0.0227. The summed E-state index contributed by atoms with van der Waals surface area (Å²) < 4.78 is 5.81. The summed E-state index contributed by atoms with van der Waals surface area (Å²) in [7, 11) is 0. The molecule has 0 spiro atoms. The number of carbonyl (C=O) groups excluding carboxylic acids is 1. The summed E-state index contributed by atoms with van der Waals surface area (Å²) in [5.74, 6) is 0.736. The minimum atomic E-state index is -0.420. The van der Waals surface area contributed by atoms with Gasteiger partial charge in [0.15, 0.2) is 6.10 Å². The van der Waals surface area contributed by atoms with Gasteiger partial charge in [0.25, 0.3) is 5.91 Å². The first kappa shape index (κ1) is 15.6. The molecule has 0 bridgehead atoms. The van der Waals surface area contributed by atoms with Gasteiger partial charge in [0.05, 0.1) is 0 Å². The van der Waals surface area contributed by atoms with Crippen molar-refractivity contribution in [3.05, 3.63) is 41.5 Å². The Kier molecular flexibility index (Phi) is 5.85. The van der Waals surface area contributed by atoms with Crippen LogP contribution in [0.5, 0.6) is 5.75 Å². The van der Waals surface area contributed by atoms with Gasteiger partial charge in [-0.15, -0.1) is 0 Å². The Balaban J connectivity index is 1.87. The van der Waals surface area contributed by atoms with E-state index in [0.717, 1.165) is 24.2 Å². The zero-order valence-electron chi connectivity index (χ0n) is 13.0. The number of ether oxygens (including phenoxy) is 1. The summed E-state index contributed by atoms with van der Waals surface area (Å²) in [5.41, 5.74) is 2.48. The second kappa shape index (κ2) is 7.87. The van der Waals surface area contributed by atoms with Crippen molar-refractivity contribution < 1.29 is 9.53 Å². The van der Waals surface area contributed by atoms with Crippen molar-refractivity contribution in [2.45, 2.75) is 52.1 Å². The molecule has 0 aliphatic heterocycles. The Morgan fingerprint density at radius 3 is 2.90 bits per heavy atom. The molecule has 0 heterocycles. The summed E-state index contributed by atoms with van der Waals surface area (Å²) in [4.78, 5) is 12.2. The van der Waals surface area contributed by atoms with Crippen LogP contribution in [0.25, 0.3) is 0 Å². The molecule has 1 aromatic rings. The van der Waals surface area contributed by atoms with Gasteiger partial charge >= 0.3 is 0 Å². The van der Waals surface area contributed by atoms with E-state index in [1.165, 1.54) is 18.4 Å². The number of benzene rings is 1. The van der Waals surface area contributed by atoms with Crippen LogP contribution in [0.3, 0.4) is 0 Å². The van der Waals surface area contributed by atoms with Crippen LogP contribution in [0.15, 0.2) is 35.9 Å². The first-order chi connectivity index (χ1) is 10.2. The lowest BCUT2D eigenvalue weighted by Crippen LogP contribution is -2.39. The van der Waals surface area contributed by atoms with Crippen molar-refractivity contribution in [3.8, 4) is 5.75 Å². The van der Waals surface area contributed by atoms with Gasteiger partial charge in [-0.25, -0.2) is 0 Å². The third-order valence-corrected chi connectivity index (χ3v) is 3.81. The monoisotopic (exact) mass is 287 g/mol. The summed E-state index contributed by atoms with van der Waals surface area (Å²) in [6, 6.07) is 7.82. The molecular formula is C18H25NO2. The maximum atomic E-state index is 12.2. The van der Waals surface area contributed by atoms with Crippen molar-refractivity contribution in [1.29, 1.82) is 0 Å². The molecule has 1 atom stereocenters. The van der Waals surface area contributed by atoms with Gasteiger partial charge in [0, 0.05) is 6.54 Å². The SMILES string of the molecule is CCC(Oc1cccc(C)c1)C(=O)NCC1=CCCCC1. The standard InChI is InChI=1S/C18H25NO2/c1-3-17(21-16-11-7-8-14(2)12-16)18(20)19-13-15-9-5-4-6-10-15/h7-9,11-12,17H,3-6,10,13H2,1-2H3,(H,19,20). The topological polar surface area (TPSA) is 38.3 Å². The fourth-order valence-corrected chi connectivity index (χ4v) is 2.55. The molecule has 1 N–H and O–H groups in total. The quantitative estimate of drug-likeness (QED) is 0.809. The molecular weight excluding hydrogens is 262 g/mol. The number of carbonyl (C=O) groups is 1. The lowest BCUT2D eigenvalue weighted by molar-refractivity contribution is -0.127. The molecule has 3 nitrogen and oxygen atoms in total. The normalized spacial score (nSPS) is 16.0. The van der Waals surface area contributed by atoms with Crippen molar-refractivity contribution in [3.63, 3.8) is 0 Å². The summed E-state index contributed by atoms with van der Waals surface area (Å²) in [6.07, 6.45) is 7.25. The molecule has 3 heteroatoms. The third kappa shape index (κ3) is 4.92. The van der Waals surface area contributed by atoms with Crippen molar-refractivity contribution >= 4 is 5.91 Å². The molecule has 0 radical (unpaired) electrons. The van der Waals surface area contributed by atoms with E-state index in [2.05, 4.69) is 11.4 Å². The minimum Gasteiger partial charge on any atom is -0.481 e. The molecule has 0 saturated carbocycles. The van der Waals surface area contributed by atoms with Gasteiger partial charge in [-0.2, -0.15) is 0 Å². The Morgan fingerprint density at radius 1 is 1.38 bits per heavy atom. The van der Waals surface area contributed by atoms with E-state index < -0.39 is 6.10 Å². The van der Waals surface area contributed by atoms with Gasteiger partial charge in [-0.05, 0) is 56.7 Å². The molecule has 1 aliphatic rings. The molecule has 21 heavy (non-hydrogen) atoms. The maximum absolute atomic E-state index is 12.2. The number of amides is 1. The number of nitrogens with one attached hydrogen (secondary N) is 1. The molecule has 1 unspecified atom stereocenters. The van der Waals surface area contributed by atoms with E-state index in [9.17, 15) is 4.79 Å². The predicted molar refractivity (Wildman–Crippen MR) is 85.4 cm³/mol. The van der Waals surface area contributed by atoms with Crippen LogP contribution in [0.1, 0.15) is 44.6 Å². The van der Waals surface area contributed by atoms with Crippen LogP contribution in [0, 0.1) is 6.92 Å². The zero-order chi connectivity index (χ0) is 15.1. The fraction of sp³-hybridized carbons (Fsp3) is 0.500. The van der Waals surface area contributed by atoms with Crippen LogP contribution in [0.4, 0.5) is 0 Å². The lowest BCUT2D eigenvalue weighted by Gasteiger charge is -2.19. The molecule has 1 aromatic carbocycles. The third-order valence-electron chi connectivity index (χ3n) is 3.81. The highest BCUT2D eigenvalue weighted by molar-refractivity contribution is 5.81. The second-order valence-electron chi connectivity index (χ2n) is 5.66. The smallest absolute Gasteiger partial charge is 0.261 e. The van der Waals surface area contributed by atoms with Crippen molar-refractivity contribution in [2.24, 2.45) is 0 Å². The Hall–Kier alpha value is -1.77. The van der Waals surface area contributed by atoms with E-state index in [1.807, 2.05) is 38.1 Å². The van der Waals surface area contributed by atoms with Gasteiger partial charge in [-0.3, -0.25) is 4.79 Å². The van der Waals surface area contributed by atoms with E-state index in [4.69, 9.17) is 4.74 Å². The predicted octanol–water partition coefficient (Wildman–Crippen LogP) is 3.77. The number of hydrogen-bond donors (Lipinski definition) is 1. The van der Waals surface area contributed by atoms with Gasteiger partial charge in [0.2, 0.25) is 0 Å². The van der Waals surface area contributed by atoms with Gasteiger partial charge in [0.1, 0.15) is 5.75 Å². The van der Waals surface area contributed by atoms with Crippen molar-refractivity contribution in [2.75, 3.05) is 6.54 Å². The van der Waals surface area contributed by atoms with Crippen LogP contribution >= 0.6 is 0 Å². The average Bonchev–Trinajstić information content (AvgIpc) is 2.51. The summed E-state index contributed by atoms with van der Waals surface area (Å²) >= 11 is 0. The van der Waals surface area contributed by atoms with Crippen LogP contribution < -0.4 is 10.1 Å². The molecule has 114 valence electrons. The molecule has 1 amide bonds. The molecule has 2 rings (SSSR count). The molecule has 1 aliphatic carbocycles. The lowest BCUT2D eigenvalue weighted by atomic mass is 9.99. The average molecular weight is 287 g/mol. The molecule has 0 fully saturated rings. The number of hydrogen-bond acceptors (Lipinski definition) is 2. The van der Waals surface area contributed by atoms with Gasteiger partial charge < -0.3 is 10.1 Å². The highest BCUT2D eigenvalue weighted by Gasteiger charge is 2.18. The van der Waals surface area contributed by atoms with E-state index in [-0.39, 0.29) is 5.91 Å². The van der Waals surface area contributed by atoms with E-state index >= 15 is 0 Å². The first-order valence-electron chi connectivity index (χ1n) is 7.88. The Bertz CT molecular complexity index is 508. The largest absolute Gasteiger partial charge is 0.481 e. The molecule has 0 aromatic heterocycles. The first-order valence-corrected chi connectivity index (χ1v) is 7.88. The van der Waals surface area contributed by atoms with Crippen LogP contribution in [0.2, 0.25) is 0 Å². The summed E-state index contributed by atoms with van der Waals surface area (Å²) in [6.45, 7) is 4.65. The highest BCUT2D eigenvalue weighted by atomic mass is 16.5. The zero-order valence-corrected chi connectivity index (χ0v) is 13.0. The Morgan fingerprint density at radius 2 is 2.24 bits per heavy atom. The van der Waals surface area contributed by atoms with E-state index in [1.54, 1.807) is 0 Å². The number of allylic oxidation sites excluding steroid dienone is 1. The van der Waals surface area contributed by atoms with Crippen molar-refractivity contribution in [1.82, 2.24) is 5.32 Å². The molecule has 0 saturated heterocycles. The van der Waals surface area contributed by atoms with Crippen LogP contribution in [-0.4, -0.2) is 18.6 Å². The van der Waals surface area contributed by atoms with Crippen LogP contribution in [-0.2, 0) is 4.79 Å². The van der Waals surface area contributed by atoms with E-state index in [0.29, 0.717) is 13.0 Å². The Labute approximate surface area is 127 Å². The fourth-order valence-electron chi connectivity index (χ4n) is 2.55. The second-order valence-corrected chi connectivity index (χ2v) is 5.66. The van der Waals surface area contributed by atoms with Gasteiger partial charge in [-0.1, -0.05) is 30.7 Å². The maximum Gasteiger partial charge on any atom is 0.261 e. The number of aryl methyl sites for hydroxylation is 1.